The number of rotatable bonds is 4. The monoisotopic (exact) mass is 457 g/mol. The number of nitrogens with zero attached hydrogens (tertiary/aromatic N) is 2. The Balaban J connectivity index is 1.59. The van der Waals surface area contributed by atoms with Gasteiger partial charge in [-0.05, 0) is 27.7 Å². The van der Waals surface area contributed by atoms with Crippen molar-refractivity contribution in [3.8, 4) is 0 Å². The van der Waals surface area contributed by atoms with Gasteiger partial charge in [0.25, 0.3) is 5.56 Å². The molecule has 31 heavy (non-hydrogen) atoms. The molecule has 11 nitrogen and oxygen atoms in total. The second-order valence-corrected chi connectivity index (χ2v) is 10.6. The summed E-state index contributed by atoms with van der Waals surface area (Å²) < 4.78 is 32.3. The van der Waals surface area contributed by atoms with E-state index in [4.69, 9.17) is 22.4 Å². The number of nitrogens with one attached hydrogen (secondary N) is 1. The molecule has 0 aliphatic carbocycles. The summed E-state index contributed by atoms with van der Waals surface area (Å²) in [6, 6.07) is 0. The zero-order valence-electron chi connectivity index (χ0n) is 18.3. The van der Waals surface area contributed by atoms with Crippen molar-refractivity contribution in [2.45, 2.75) is 70.9 Å². The Bertz CT molecular complexity index is 871. The molecular formula is C19H31N3O8Si. The van der Waals surface area contributed by atoms with E-state index >= 15 is 0 Å². The molecule has 3 unspecified atom stereocenters. The van der Waals surface area contributed by atoms with Gasteiger partial charge in [0, 0.05) is 37.8 Å². The maximum Gasteiger partial charge on any atom is 0.680 e. The standard InChI is InChI=1S/C19H31N3O8Si/c1-11-6-22(19(25)20-18(11)24)17-5-15(16(10-23)26-17)30-31-27-12(2)7-21(8-13(3)28-31)9-14(4)29-31/h6,12-17,23H,5,7-10H2,1-4H3,(H,20,24,25)/t12-,13-,14-,15?,16?,17?/m1/s1. The van der Waals surface area contributed by atoms with E-state index in [1.165, 1.54) is 10.8 Å². The number of hydrogen-bond acceptors (Lipinski definition) is 9. The molecule has 1 aromatic rings. The van der Waals surface area contributed by atoms with E-state index in [1.54, 1.807) is 6.92 Å². The van der Waals surface area contributed by atoms with Crippen LogP contribution in [0, 0.1) is 6.92 Å². The van der Waals surface area contributed by atoms with Gasteiger partial charge >= 0.3 is 14.7 Å². The molecule has 0 saturated carbocycles. The van der Waals surface area contributed by atoms with Crippen LogP contribution in [-0.2, 0) is 22.4 Å². The van der Waals surface area contributed by atoms with Crippen LogP contribution >= 0.6 is 0 Å². The predicted octanol–water partition coefficient (Wildman–Crippen LogP) is -0.510. The van der Waals surface area contributed by atoms with Crippen molar-refractivity contribution >= 4 is 9.05 Å². The number of aliphatic hydroxyl groups excluding tert-OH is 1. The molecule has 5 heterocycles. The zero-order valence-corrected chi connectivity index (χ0v) is 19.3. The van der Waals surface area contributed by atoms with Crippen molar-refractivity contribution in [1.29, 1.82) is 0 Å². The highest BCUT2D eigenvalue weighted by Crippen LogP contribution is 2.34. The SMILES string of the molecule is Cc1cn(C2CC(O[Si]34O[C@H](C)CN(C[C@@H](C)O3)C[C@@H](C)O4)C(CO)O2)c(=O)[nH]c1=O. The molecule has 0 amide bonds. The topological polar surface area (TPSA) is 124 Å². The Morgan fingerprint density at radius 2 is 1.71 bits per heavy atom. The van der Waals surface area contributed by atoms with Gasteiger partial charge in [-0.1, -0.05) is 0 Å². The molecule has 4 aliphatic heterocycles. The van der Waals surface area contributed by atoms with Crippen molar-refractivity contribution in [1.82, 2.24) is 14.5 Å². The number of aromatic nitrogens is 2. The molecule has 0 spiro atoms. The van der Waals surface area contributed by atoms with Crippen molar-refractivity contribution in [3.05, 3.63) is 32.6 Å². The molecule has 4 fully saturated rings. The van der Waals surface area contributed by atoms with Crippen LogP contribution < -0.4 is 11.2 Å². The van der Waals surface area contributed by atoms with Crippen LogP contribution in [0.15, 0.2) is 15.8 Å². The Morgan fingerprint density at radius 1 is 1.13 bits per heavy atom. The van der Waals surface area contributed by atoms with Crippen molar-refractivity contribution in [3.63, 3.8) is 0 Å². The summed E-state index contributed by atoms with van der Waals surface area (Å²) in [6.07, 6.45) is -0.748. The number of H-pyrrole nitrogens is 1. The van der Waals surface area contributed by atoms with Gasteiger partial charge in [0.2, 0.25) is 0 Å². The molecule has 4 saturated heterocycles. The normalized spacial score (nSPS) is 41.0. The largest absolute Gasteiger partial charge is 0.680 e. The van der Waals surface area contributed by atoms with Gasteiger partial charge in [-0.25, -0.2) is 4.79 Å². The highest BCUT2D eigenvalue weighted by Gasteiger charge is 2.56. The first-order valence-electron chi connectivity index (χ1n) is 10.7. The van der Waals surface area contributed by atoms with Gasteiger partial charge in [-0.15, -0.1) is 0 Å². The summed E-state index contributed by atoms with van der Waals surface area (Å²) in [5.41, 5.74) is -0.635. The Kier molecular flexibility index (Phi) is 6.52. The van der Waals surface area contributed by atoms with Crippen LogP contribution in [0.1, 0.15) is 39.0 Å². The highest BCUT2D eigenvalue weighted by atomic mass is 28.4. The number of ether oxygens (including phenoxy) is 1. The van der Waals surface area contributed by atoms with E-state index in [0.717, 1.165) is 19.6 Å². The number of hydrogen-bond donors (Lipinski definition) is 2. The third-order valence-electron chi connectivity index (χ3n) is 5.69. The minimum atomic E-state index is -3.57. The lowest BCUT2D eigenvalue weighted by molar-refractivity contribution is -0.148. The predicted molar refractivity (Wildman–Crippen MR) is 110 cm³/mol. The Labute approximate surface area is 181 Å². The van der Waals surface area contributed by atoms with Crippen LogP contribution in [0.4, 0.5) is 0 Å². The van der Waals surface area contributed by atoms with E-state index in [-0.39, 0.29) is 31.3 Å². The summed E-state index contributed by atoms with van der Waals surface area (Å²) in [7, 11) is -3.57. The molecule has 2 N–H and O–H groups in total. The molecule has 0 aromatic carbocycles. The van der Waals surface area contributed by atoms with E-state index in [2.05, 4.69) is 9.88 Å². The summed E-state index contributed by atoms with van der Waals surface area (Å²) in [5, 5.41) is 9.91. The third-order valence-corrected chi connectivity index (χ3v) is 8.36. The van der Waals surface area contributed by atoms with Gasteiger partial charge in [-0.2, -0.15) is 0 Å². The molecule has 174 valence electrons. The molecule has 0 radical (unpaired) electrons. The lowest BCUT2D eigenvalue weighted by Gasteiger charge is -2.44. The second kappa shape index (κ2) is 8.87. The minimum absolute atomic E-state index is 0.151. The average molecular weight is 458 g/mol. The number of aliphatic hydroxyl groups is 1. The number of fused-ring (bicyclic) bond motifs is 6. The number of aryl methyl sites for hydroxylation is 1. The van der Waals surface area contributed by atoms with Gasteiger partial charge in [-0.3, -0.25) is 19.2 Å². The second-order valence-electron chi connectivity index (χ2n) is 8.69. The van der Waals surface area contributed by atoms with Crippen LogP contribution in [-0.4, -0.2) is 85.4 Å². The fourth-order valence-electron chi connectivity index (χ4n) is 4.48. The van der Waals surface area contributed by atoms with Crippen molar-refractivity contribution < 1.29 is 27.5 Å². The lowest BCUT2D eigenvalue weighted by atomic mass is 10.2. The lowest BCUT2D eigenvalue weighted by Crippen LogP contribution is -2.64. The number of aromatic amines is 1. The van der Waals surface area contributed by atoms with E-state index < -0.39 is 38.7 Å². The summed E-state index contributed by atoms with van der Waals surface area (Å²) in [5.74, 6) is 0. The first kappa shape index (κ1) is 22.8. The quantitative estimate of drug-likeness (QED) is 0.575. The fraction of sp³-hybridized carbons (Fsp3) is 0.789. The fourth-order valence-corrected chi connectivity index (χ4v) is 7.13. The van der Waals surface area contributed by atoms with Gasteiger partial charge in [0.05, 0.1) is 31.0 Å². The smallest absolute Gasteiger partial charge is 0.394 e. The van der Waals surface area contributed by atoms with E-state index in [0.29, 0.717) is 5.56 Å². The first-order valence-corrected chi connectivity index (χ1v) is 12.3. The summed E-state index contributed by atoms with van der Waals surface area (Å²) in [6.45, 7) is 9.41. The summed E-state index contributed by atoms with van der Waals surface area (Å²) >= 11 is 0. The zero-order chi connectivity index (χ0) is 22.3. The van der Waals surface area contributed by atoms with Crippen molar-refractivity contribution in [2.24, 2.45) is 0 Å². The van der Waals surface area contributed by atoms with Gasteiger partial charge in [0.15, 0.2) is 0 Å². The van der Waals surface area contributed by atoms with Crippen LogP contribution in [0.2, 0.25) is 0 Å². The maximum atomic E-state index is 12.3. The van der Waals surface area contributed by atoms with Crippen molar-refractivity contribution in [2.75, 3.05) is 26.2 Å². The highest BCUT2D eigenvalue weighted by molar-refractivity contribution is 6.53. The average Bonchev–Trinajstić information content (AvgIpc) is 3.04. The van der Waals surface area contributed by atoms with Crippen LogP contribution in [0.3, 0.4) is 0 Å². The first-order chi connectivity index (χ1) is 14.7. The molecule has 5 rings (SSSR count). The van der Waals surface area contributed by atoms with E-state index in [1.807, 2.05) is 20.8 Å². The molecule has 2 bridgehead atoms. The van der Waals surface area contributed by atoms with E-state index in [9.17, 15) is 14.7 Å². The van der Waals surface area contributed by atoms with Gasteiger partial charge < -0.3 is 27.5 Å². The molecule has 12 heteroatoms. The van der Waals surface area contributed by atoms with Crippen LogP contribution in [0.25, 0.3) is 0 Å². The Morgan fingerprint density at radius 3 is 2.26 bits per heavy atom. The van der Waals surface area contributed by atoms with Gasteiger partial charge in [0.1, 0.15) is 12.3 Å². The Hall–Kier alpha value is -1.38. The minimum Gasteiger partial charge on any atom is -0.394 e. The molecule has 1 aromatic heterocycles. The third kappa shape index (κ3) is 4.86. The molecular weight excluding hydrogens is 426 g/mol. The maximum absolute atomic E-state index is 12.3. The molecule has 4 aliphatic rings. The summed E-state index contributed by atoms with van der Waals surface area (Å²) in [4.78, 5) is 28.5. The van der Waals surface area contributed by atoms with Crippen LogP contribution in [0.5, 0.6) is 0 Å². The molecule has 6 atom stereocenters.